The Kier molecular flexibility index (Phi) is 14.0. The minimum Gasteiger partial charge on any atom is -0.375 e. The molecule has 0 aliphatic heterocycles. The van der Waals surface area contributed by atoms with E-state index in [0.29, 0.717) is 25.5 Å². The lowest BCUT2D eigenvalue weighted by molar-refractivity contribution is -0.130. The van der Waals surface area contributed by atoms with Gasteiger partial charge in [0.25, 0.3) is 0 Å². The number of rotatable bonds is 10. The number of benzene rings is 1. The van der Waals surface area contributed by atoms with Gasteiger partial charge in [-0.05, 0) is 26.3 Å². The average molecular weight is 476 g/mol. The highest BCUT2D eigenvalue weighted by molar-refractivity contribution is 14.0. The van der Waals surface area contributed by atoms with Gasteiger partial charge in [-0.15, -0.1) is 24.0 Å². The normalized spacial score (nSPS) is 12.1. The Bertz CT molecular complexity index is 522. The van der Waals surface area contributed by atoms with E-state index in [1.165, 1.54) is 0 Å². The van der Waals surface area contributed by atoms with Crippen LogP contribution in [0.1, 0.15) is 38.9 Å². The monoisotopic (exact) mass is 476 g/mol. The zero-order valence-corrected chi connectivity index (χ0v) is 18.7. The molecule has 2 N–H and O–H groups in total. The third-order valence-corrected chi connectivity index (χ3v) is 3.96. The highest BCUT2D eigenvalue weighted by Gasteiger charge is 2.11. The molecule has 148 valence electrons. The first-order valence-corrected chi connectivity index (χ1v) is 9.03. The molecule has 0 saturated heterocycles. The van der Waals surface area contributed by atoms with Gasteiger partial charge in [-0.25, -0.2) is 0 Å². The maximum absolute atomic E-state index is 12.0. The molecule has 0 radical (unpaired) electrons. The van der Waals surface area contributed by atoms with Crippen LogP contribution in [0.25, 0.3) is 0 Å². The van der Waals surface area contributed by atoms with Crippen LogP contribution in [-0.2, 0) is 9.53 Å². The Labute approximate surface area is 174 Å². The minimum absolute atomic E-state index is 0. The molecule has 0 fully saturated rings. The van der Waals surface area contributed by atoms with Gasteiger partial charge in [-0.1, -0.05) is 30.3 Å². The summed E-state index contributed by atoms with van der Waals surface area (Å²) in [5.41, 5.74) is 1.10. The molecule has 1 atom stereocenters. The number of methoxy groups -OCH3 is 1. The molecule has 0 aliphatic carbocycles. The van der Waals surface area contributed by atoms with Gasteiger partial charge in [0, 0.05) is 39.7 Å². The third-order valence-electron chi connectivity index (χ3n) is 3.96. The Morgan fingerprint density at radius 1 is 1.15 bits per heavy atom. The molecule has 0 bridgehead atoms. The lowest BCUT2D eigenvalue weighted by Crippen LogP contribution is -2.40. The number of halogens is 1. The molecule has 7 heteroatoms. The Hall–Kier alpha value is -1.35. The first-order chi connectivity index (χ1) is 12.2. The van der Waals surface area contributed by atoms with Crippen LogP contribution in [0.15, 0.2) is 35.3 Å². The molecule has 6 nitrogen and oxygen atoms in total. The largest absolute Gasteiger partial charge is 0.375 e. The molecule has 1 aromatic rings. The van der Waals surface area contributed by atoms with E-state index in [9.17, 15) is 4.79 Å². The van der Waals surface area contributed by atoms with E-state index >= 15 is 0 Å². The maximum atomic E-state index is 12.0. The number of ether oxygens (including phenoxy) is 1. The first kappa shape index (κ1) is 24.7. The number of carbonyl (C=O) groups is 1. The summed E-state index contributed by atoms with van der Waals surface area (Å²) < 4.78 is 5.54. The van der Waals surface area contributed by atoms with Crippen molar-refractivity contribution in [2.45, 2.75) is 33.3 Å². The summed E-state index contributed by atoms with van der Waals surface area (Å²) in [4.78, 5) is 18.5. The number of carbonyl (C=O) groups excluding carboxylic acids is 1. The van der Waals surface area contributed by atoms with Gasteiger partial charge in [0.2, 0.25) is 5.91 Å². The SMILES string of the molecule is CCNC(=NCC(OC)c1ccccc1)NCCC(=O)N(CC)CC.I. The summed E-state index contributed by atoms with van der Waals surface area (Å²) in [7, 11) is 1.69. The molecule has 1 amide bonds. The van der Waals surface area contributed by atoms with E-state index in [0.717, 1.165) is 25.2 Å². The number of hydrogen-bond acceptors (Lipinski definition) is 3. The van der Waals surface area contributed by atoms with E-state index < -0.39 is 0 Å². The third kappa shape index (κ3) is 8.84. The summed E-state index contributed by atoms with van der Waals surface area (Å²) >= 11 is 0. The van der Waals surface area contributed by atoms with Gasteiger partial charge in [0.15, 0.2) is 5.96 Å². The van der Waals surface area contributed by atoms with E-state index in [2.05, 4.69) is 15.6 Å². The maximum Gasteiger partial charge on any atom is 0.224 e. The predicted molar refractivity (Wildman–Crippen MR) is 118 cm³/mol. The molecule has 26 heavy (non-hydrogen) atoms. The van der Waals surface area contributed by atoms with Crippen molar-refractivity contribution in [1.82, 2.24) is 15.5 Å². The lowest BCUT2D eigenvalue weighted by atomic mass is 10.1. The van der Waals surface area contributed by atoms with Crippen LogP contribution in [0.3, 0.4) is 0 Å². The highest BCUT2D eigenvalue weighted by Crippen LogP contribution is 2.16. The molecule has 1 rings (SSSR count). The minimum atomic E-state index is -0.0889. The number of hydrogen-bond donors (Lipinski definition) is 2. The van der Waals surface area contributed by atoms with Crippen LogP contribution in [0.5, 0.6) is 0 Å². The van der Waals surface area contributed by atoms with Crippen LogP contribution < -0.4 is 10.6 Å². The summed E-state index contributed by atoms with van der Waals surface area (Å²) in [6.45, 7) is 9.34. The molecule has 1 aromatic carbocycles. The summed E-state index contributed by atoms with van der Waals surface area (Å²) in [5.74, 6) is 0.861. The van der Waals surface area contributed by atoms with Crippen molar-refractivity contribution >= 4 is 35.8 Å². The van der Waals surface area contributed by atoms with Crippen LogP contribution in [0.4, 0.5) is 0 Å². The molecule has 1 unspecified atom stereocenters. The summed E-state index contributed by atoms with van der Waals surface area (Å²) in [6.07, 6.45) is 0.368. The van der Waals surface area contributed by atoms with Crippen molar-refractivity contribution < 1.29 is 9.53 Å². The molecule has 0 spiro atoms. The number of nitrogens with one attached hydrogen (secondary N) is 2. The van der Waals surface area contributed by atoms with Crippen LogP contribution >= 0.6 is 24.0 Å². The molecule has 0 saturated carbocycles. The number of nitrogens with zero attached hydrogens (tertiary/aromatic N) is 2. The van der Waals surface area contributed by atoms with Crippen LogP contribution in [-0.4, -0.2) is 56.6 Å². The second-order valence-electron chi connectivity index (χ2n) is 5.60. The van der Waals surface area contributed by atoms with Gasteiger partial charge in [0.05, 0.1) is 6.54 Å². The van der Waals surface area contributed by atoms with Gasteiger partial charge < -0.3 is 20.3 Å². The van der Waals surface area contributed by atoms with Gasteiger partial charge in [-0.2, -0.15) is 0 Å². The van der Waals surface area contributed by atoms with Crippen molar-refractivity contribution in [3.63, 3.8) is 0 Å². The fourth-order valence-electron chi connectivity index (χ4n) is 2.52. The quantitative estimate of drug-likeness (QED) is 0.310. The van der Waals surface area contributed by atoms with Gasteiger partial charge in [0.1, 0.15) is 6.10 Å². The van der Waals surface area contributed by atoms with E-state index in [-0.39, 0.29) is 36.0 Å². The standard InChI is InChI=1S/C19H32N4O2.HI/c1-5-20-19(21-14-13-18(24)23(6-2)7-3)22-15-17(25-4)16-11-9-8-10-12-16;/h8-12,17H,5-7,13-15H2,1-4H3,(H2,20,21,22);1H. The van der Waals surface area contributed by atoms with Gasteiger partial charge in [-0.3, -0.25) is 9.79 Å². The Morgan fingerprint density at radius 2 is 1.81 bits per heavy atom. The van der Waals surface area contributed by atoms with E-state index in [1.54, 1.807) is 7.11 Å². The first-order valence-electron chi connectivity index (χ1n) is 9.03. The number of guanidine groups is 1. The zero-order valence-electron chi connectivity index (χ0n) is 16.3. The zero-order chi connectivity index (χ0) is 18.5. The summed E-state index contributed by atoms with van der Waals surface area (Å²) in [6, 6.07) is 10.0. The molecule has 0 heterocycles. The smallest absolute Gasteiger partial charge is 0.224 e. The lowest BCUT2D eigenvalue weighted by Gasteiger charge is -2.19. The Morgan fingerprint density at radius 3 is 2.35 bits per heavy atom. The molecule has 0 aliphatic rings. The number of aliphatic imine (C=N–C) groups is 1. The van der Waals surface area contributed by atoms with Gasteiger partial charge >= 0.3 is 0 Å². The average Bonchev–Trinajstić information content (AvgIpc) is 2.64. The van der Waals surface area contributed by atoms with E-state index in [4.69, 9.17) is 4.74 Å². The van der Waals surface area contributed by atoms with Crippen molar-refractivity contribution in [2.75, 3.05) is 39.8 Å². The second kappa shape index (κ2) is 14.8. The van der Waals surface area contributed by atoms with Crippen molar-refractivity contribution in [2.24, 2.45) is 4.99 Å². The van der Waals surface area contributed by atoms with Crippen molar-refractivity contribution in [3.05, 3.63) is 35.9 Å². The number of amides is 1. The molecule has 0 aromatic heterocycles. The highest BCUT2D eigenvalue weighted by atomic mass is 127. The fraction of sp³-hybridized carbons (Fsp3) is 0.579. The predicted octanol–water partition coefficient (Wildman–Crippen LogP) is 2.81. The van der Waals surface area contributed by atoms with Crippen molar-refractivity contribution in [1.29, 1.82) is 0 Å². The molecular weight excluding hydrogens is 443 g/mol. The Balaban J connectivity index is 0.00000625. The van der Waals surface area contributed by atoms with Crippen LogP contribution in [0, 0.1) is 0 Å². The molecular formula is C19H33IN4O2. The fourth-order valence-corrected chi connectivity index (χ4v) is 2.52. The summed E-state index contributed by atoms with van der Waals surface area (Å²) in [5, 5.41) is 6.42. The van der Waals surface area contributed by atoms with Crippen molar-refractivity contribution in [3.8, 4) is 0 Å². The second-order valence-corrected chi connectivity index (χ2v) is 5.60. The topological polar surface area (TPSA) is 66.0 Å². The van der Waals surface area contributed by atoms with Crippen LogP contribution in [0.2, 0.25) is 0 Å². The van der Waals surface area contributed by atoms with E-state index in [1.807, 2.05) is 56.0 Å².